The summed E-state index contributed by atoms with van der Waals surface area (Å²) in [5.41, 5.74) is 2.38. The average molecular weight is 526 g/mol. The number of nitrogens with zero attached hydrogens (tertiary/aromatic N) is 4. The maximum Gasteiger partial charge on any atom is 0.315 e. The topological polar surface area (TPSA) is 87.2 Å². The zero-order valence-corrected chi connectivity index (χ0v) is 22.9. The van der Waals surface area contributed by atoms with Gasteiger partial charge in [0.2, 0.25) is 6.73 Å². The van der Waals surface area contributed by atoms with E-state index in [4.69, 9.17) is 14.2 Å². The summed E-state index contributed by atoms with van der Waals surface area (Å²) in [4.78, 5) is 30.8. The van der Waals surface area contributed by atoms with Crippen molar-refractivity contribution in [1.82, 2.24) is 14.7 Å². The number of halogens is 1. The van der Waals surface area contributed by atoms with Crippen LogP contribution in [0.1, 0.15) is 75.1 Å². The second-order valence-corrected chi connectivity index (χ2v) is 12.1. The fraction of sp³-hybridized carbons (Fsp3) is 0.586. The summed E-state index contributed by atoms with van der Waals surface area (Å²) in [6.45, 7) is 10.7. The molecule has 0 aliphatic carbocycles. The van der Waals surface area contributed by atoms with E-state index in [2.05, 4.69) is 5.16 Å². The van der Waals surface area contributed by atoms with E-state index in [1.165, 1.54) is 12.1 Å². The molecule has 2 aliphatic heterocycles. The van der Waals surface area contributed by atoms with Gasteiger partial charge in [-0.05, 0) is 52.7 Å². The first-order valence-electron chi connectivity index (χ1n) is 13.7. The molecule has 1 saturated heterocycles. The number of piperidine rings is 1. The third-order valence-corrected chi connectivity index (χ3v) is 8.25. The monoisotopic (exact) mass is 525 g/mol. The molecule has 0 atom stereocenters. The minimum absolute atomic E-state index is 0.0771. The zero-order chi connectivity index (χ0) is 27.1. The molecule has 0 unspecified atom stereocenters. The Kier molecular flexibility index (Phi) is 7.15. The van der Waals surface area contributed by atoms with E-state index < -0.39 is 5.41 Å². The molecular weight excluding hydrogens is 487 g/mol. The molecule has 1 fully saturated rings. The SMILES string of the molecule is Cc1nc2n(c(=O)c1CC[N+]1(COC(=O)C(C)(C)C)CCC(c3noc4cc(F)ccc34)CC1)CCCC2. The number of fused-ring (bicyclic) bond motifs is 2. The molecule has 9 heteroatoms. The van der Waals surface area contributed by atoms with Gasteiger partial charge in [-0.15, -0.1) is 0 Å². The summed E-state index contributed by atoms with van der Waals surface area (Å²) in [6, 6.07) is 4.54. The fourth-order valence-electron chi connectivity index (χ4n) is 5.81. The molecular formula is C29H38FN4O4+. The van der Waals surface area contributed by atoms with Crippen molar-refractivity contribution in [1.29, 1.82) is 0 Å². The van der Waals surface area contributed by atoms with Crippen LogP contribution < -0.4 is 5.56 Å². The van der Waals surface area contributed by atoms with Crippen molar-refractivity contribution in [2.45, 2.75) is 78.7 Å². The standard InChI is InChI=1S/C29H38FN4O4/c1-19-22(27(35)33-13-6-5-7-25(33)31-19)12-16-34(18-37-28(36)29(2,3)4)14-10-20(11-15-34)26-23-9-8-21(30)17-24(23)38-32-26/h8-9,17,20H,5-7,10-16,18H2,1-4H3/q+1. The summed E-state index contributed by atoms with van der Waals surface area (Å²) in [7, 11) is 0. The summed E-state index contributed by atoms with van der Waals surface area (Å²) in [5.74, 6) is 0.492. The minimum atomic E-state index is -0.588. The van der Waals surface area contributed by atoms with E-state index in [0.717, 1.165) is 79.9 Å². The summed E-state index contributed by atoms with van der Waals surface area (Å²) < 4.78 is 27.3. The van der Waals surface area contributed by atoms with Gasteiger partial charge in [-0.25, -0.2) is 9.37 Å². The third kappa shape index (κ3) is 5.25. The van der Waals surface area contributed by atoms with Crippen molar-refractivity contribution in [3.05, 3.63) is 57.1 Å². The van der Waals surface area contributed by atoms with Crippen molar-refractivity contribution in [2.24, 2.45) is 5.41 Å². The summed E-state index contributed by atoms with van der Waals surface area (Å²) in [6.07, 6.45) is 5.16. The van der Waals surface area contributed by atoms with Gasteiger partial charge in [-0.2, -0.15) is 0 Å². The number of likely N-dealkylation sites (tertiary alicyclic amines) is 1. The molecule has 2 aromatic heterocycles. The lowest BCUT2D eigenvalue weighted by molar-refractivity contribution is -0.948. The third-order valence-electron chi connectivity index (χ3n) is 8.25. The lowest BCUT2D eigenvalue weighted by Gasteiger charge is -2.43. The first-order valence-corrected chi connectivity index (χ1v) is 13.7. The van der Waals surface area contributed by atoms with Crippen molar-refractivity contribution in [2.75, 3.05) is 26.4 Å². The van der Waals surface area contributed by atoms with Gasteiger partial charge in [-0.3, -0.25) is 18.6 Å². The number of hydrogen-bond acceptors (Lipinski definition) is 6. The van der Waals surface area contributed by atoms with E-state index in [-0.39, 0.29) is 30.0 Å². The predicted octanol–water partition coefficient (Wildman–Crippen LogP) is 4.65. The largest absolute Gasteiger partial charge is 0.415 e. The highest BCUT2D eigenvalue weighted by atomic mass is 19.1. The van der Waals surface area contributed by atoms with Crippen LogP contribution >= 0.6 is 0 Å². The molecule has 8 nitrogen and oxygen atoms in total. The Labute approximate surface area is 222 Å². The number of hydrogen-bond donors (Lipinski definition) is 0. The number of ether oxygens (including phenoxy) is 1. The number of carbonyl (C=O) groups is 1. The lowest BCUT2D eigenvalue weighted by Crippen LogP contribution is -2.56. The highest BCUT2D eigenvalue weighted by Gasteiger charge is 2.38. The Hall–Kier alpha value is -3.07. The smallest absolute Gasteiger partial charge is 0.315 e. The Morgan fingerprint density at radius 2 is 2.00 bits per heavy atom. The molecule has 2 aliphatic rings. The molecule has 0 bridgehead atoms. The average Bonchev–Trinajstić information content (AvgIpc) is 3.30. The van der Waals surface area contributed by atoms with Gasteiger partial charge >= 0.3 is 5.97 Å². The van der Waals surface area contributed by atoms with Gasteiger partial charge in [0.1, 0.15) is 11.6 Å². The van der Waals surface area contributed by atoms with E-state index in [1.807, 2.05) is 32.3 Å². The van der Waals surface area contributed by atoms with Crippen molar-refractivity contribution < 1.29 is 22.9 Å². The quantitative estimate of drug-likeness (QED) is 0.344. The van der Waals surface area contributed by atoms with Crippen molar-refractivity contribution in [3.8, 4) is 0 Å². The molecule has 0 saturated carbocycles. The van der Waals surface area contributed by atoms with Gasteiger partial charge in [-0.1, -0.05) is 5.16 Å². The number of carbonyl (C=O) groups excluding carboxylic acids is 1. The molecule has 3 aromatic rings. The van der Waals surface area contributed by atoms with E-state index in [0.29, 0.717) is 23.0 Å². The van der Waals surface area contributed by atoms with Crippen molar-refractivity contribution >= 4 is 16.9 Å². The Balaban J connectivity index is 1.36. The zero-order valence-electron chi connectivity index (χ0n) is 22.9. The minimum Gasteiger partial charge on any atom is -0.415 e. The van der Waals surface area contributed by atoms with Crippen molar-refractivity contribution in [3.63, 3.8) is 0 Å². The molecule has 0 spiro atoms. The molecule has 1 aromatic carbocycles. The number of benzene rings is 1. The molecule has 0 N–H and O–H groups in total. The van der Waals surface area contributed by atoms with Crippen LogP contribution in [0.4, 0.5) is 4.39 Å². The van der Waals surface area contributed by atoms with Crippen LogP contribution in [-0.4, -0.2) is 51.5 Å². The number of aromatic nitrogens is 3. The van der Waals surface area contributed by atoms with Gasteiger partial charge in [0.25, 0.3) is 5.56 Å². The molecule has 4 heterocycles. The van der Waals surface area contributed by atoms with Crippen LogP contribution in [0.2, 0.25) is 0 Å². The van der Waals surface area contributed by atoms with Crippen LogP contribution in [0.3, 0.4) is 0 Å². The lowest BCUT2D eigenvalue weighted by atomic mass is 9.90. The van der Waals surface area contributed by atoms with Crippen LogP contribution in [0.15, 0.2) is 27.5 Å². The Morgan fingerprint density at radius 1 is 1.24 bits per heavy atom. The first-order chi connectivity index (χ1) is 18.1. The van der Waals surface area contributed by atoms with Gasteiger partial charge in [0.15, 0.2) is 5.58 Å². The maximum absolute atomic E-state index is 13.6. The number of rotatable bonds is 6. The second-order valence-electron chi connectivity index (χ2n) is 12.1. The van der Waals surface area contributed by atoms with E-state index >= 15 is 0 Å². The van der Waals surface area contributed by atoms with Crippen LogP contribution in [0.25, 0.3) is 11.0 Å². The van der Waals surface area contributed by atoms with E-state index in [1.54, 1.807) is 6.07 Å². The molecule has 204 valence electrons. The van der Waals surface area contributed by atoms with Gasteiger partial charge < -0.3 is 9.26 Å². The maximum atomic E-state index is 13.6. The molecule has 5 rings (SSSR count). The molecule has 38 heavy (non-hydrogen) atoms. The van der Waals surface area contributed by atoms with Crippen LogP contribution in [0, 0.1) is 18.2 Å². The van der Waals surface area contributed by atoms with Gasteiger partial charge in [0, 0.05) is 60.9 Å². The molecule has 0 radical (unpaired) electrons. The number of aryl methyl sites for hydroxylation is 2. The Morgan fingerprint density at radius 3 is 2.74 bits per heavy atom. The highest BCUT2D eigenvalue weighted by Crippen LogP contribution is 2.35. The number of esters is 1. The molecule has 0 amide bonds. The highest BCUT2D eigenvalue weighted by molar-refractivity contribution is 5.80. The number of quaternary nitrogens is 1. The summed E-state index contributed by atoms with van der Waals surface area (Å²) in [5, 5.41) is 5.13. The van der Waals surface area contributed by atoms with Gasteiger partial charge in [0.05, 0.1) is 30.7 Å². The fourth-order valence-corrected chi connectivity index (χ4v) is 5.81. The summed E-state index contributed by atoms with van der Waals surface area (Å²) >= 11 is 0. The van der Waals surface area contributed by atoms with E-state index in [9.17, 15) is 14.0 Å². The first kappa shape index (κ1) is 26.5. The Bertz CT molecular complexity index is 1400. The predicted molar refractivity (Wildman–Crippen MR) is 141 cm³/mol. The van der Waals surface area contributed by atoms with Crippen LogP contribution in [-0.2, 0) is 28.9 Å². The van der Waals surface area contributed by atoms with Crippen LogP contribution in [0.5, 0.6) is 0 Å². The second kappa shape index (κ2) is 10.2. The normalized spacial score (nSPS) is 21.9.